The van der Waals surface area contributed by atoms with E-state index in [1.54, 1.807) is 4.90 Å². The highest BCUT2D eigenvalue weighted by Crippen LogP contribution is 2.34. The van der Waals surface area contributed by atoms with Gasteiger partial charge in [0.25, 0.3) is 5.91 Å². The van der Waals surface area contributed by atoms with Crippen LogP contribution in [0.15, 0.2) is 18.2 Å². The van der Waals surface area contributed by atoms with Crippen LogP contribution in [0.4, 0.5) is 0 Å². The molecule has 1 unspecified atom stereocenters. The van der Waals surface area contributed by atoms with Crippen molar-refractivity contribution in [3.8, 4) is 0 Å². The van der Waals surface area contributed by atoms with Gasteiger partial charge < -0.3 is 4.90 Å². The maximum atomic E-state index is 12.5. The van der Waals surface area contributed by atoms with Crippen LogP contribution in [-0.2, 0) is 22.6 Å². The minimum atomic E-state index is -0.524. The van der Waals surface area contributed by atoms with E-state index < -0.39 is 6.04 Å². The van der Waals surface area contributed by atoms with Gasteiger partial charge in [0.2, 0.25) is 11.8 Å². The number of nitrogens with zero attached hydrogens (tertiary/aromatic N) is 1. The molecule has 3 aliphatic rings. The van der Waals surface area contributed by atoms with Gasteiger partial charge in [-0.3, -0.25) is 19.7 Å². The number of hydrogen-bond acceptors (Lipinski definition) is 3. The van der Waals surface area contributed by atoms with E-state index in [-0.39, 0.29) is 17.7 Å². The molecule has 2 aliphatic heterocycles. The van der Waals surface area contributed by atoms with Crippen LogP contribution in [0.2, 0.25) is 0 Å². The minimum Gasteiger partial charge on any atom is -0.322 e. The lowest BCUT2D eigenvalue weighted by Crippen LogP contribution is -2.52. The molecule has 5 nitrogen and oxygen atoms in total. The second kappa shape index (κ2) is 4.93. The van der Waals surface area contributed by atoms with Crippen molar-refractivity contribution >= 4 is 17.7 Å². The Kier molecular flexibility index (Phi) is 3.03. The fraction of sp³-hybridized carbons (Fsp3) is 0.471. The van der Waals surface area contributed by atoms with Gasteiger partial charge in [-0.15, -0.1) is 0 Å². The topological polar surface area (TPSA) is 66.5 Å². The number of carbonyl (C=O) groups excluding carboxylic acids is 3. The third kappa shape index (κ3) is 2.30. The molecule has 3 amide bonds. The summed E-state index contributed by atoms with van der Waals surface area (Å²) in [4.78, 5) is 37.4. The fourth-order valence-electron chi connectivity index (χ4n) is 3.41. The number of nitrogens with one attached hydrogen (secondary N) is 1. The standard InChI is InChI=1S/C17H18N2O3/c20-15-6-5-14(16(21)18-15)19-9-12-8-11(7-10-1-2-10)3-4-13(12)17(19)22/h3-4,8,10,14H,1-2,5-7,9H2,(H,18,20,21). The maximum Gasteiger partial charge on any atom is 0.255 e. The molecule has 1 N–H and O–H groups in total. The summed E-state index contributed by atoms with van der Waals surface area (Å²) in [5.41, 5.74) is 2.98. The molecule has 0 radical (unpaired) electrons. The zero-order chi connectivity index (χ0) is 15.3. The van der Waals surface area contributed by atoms with Crippen molar-refractivity contribution in [1.82, 2.24) is 10.2 Å². The molecule has 114 valence electrons. The van der Waals surface area contributed by atoms with Gasteiger partial charge in [0, 0.05) is 18.5 Å². The molecular formula is C17H18N2O3. The molecule has 1 aliphatic carbocycles. The Hall–Kier alpha value is -2.17. The Morgan fingerprint density at radius 2 is 1.95 bits per heavy atom. The lowest BCUT2D eigenvalue weighted by molar-refractivity contribution is -0.136. The lowest BCUT2D eigenvalue weighted by Gasteiger charge is -2.29. The quantitative estimate of drug-likeness (QED) is 0.858. The number of amides is 3. The van der Waals surface area contributed by atoms with Crippen LogP contribution in [0.1, 0.15) is 47.2 Å². The van der Waals surface area contributed by atoms with E-state index in [1.807, 2.05) is 12.1 Å². The highest BCUT2D eigenvalue weighted by atomic mass is 16.2. The van der Waals surface area contributed by atoms with Crippen molar-refractivity contribution in [1.29, 1.82) is 0 Å². The molecule has 0 bridgehead atoms. The van der Waals surface area contributed by atoms with Gasteiger partial charge in [0.05, 0.1) is 0 Å². The molecule has 5 heteroatoms. The monoisotopic (exact) mass is 298 g/mol. The van der Waals surface area contributed by atoms with Crippen LogP contribution in [0.5, 0.6) is 0 Å². The normalized spacial score (nSPS) is 24.5. The summed E-state index contributed by atoms with van der Waals surface area (Å²) >= 11 is 0. The highest BCUT2D eigenvalue weighted by molar-refractivity contribution is 6.05. The summed E-state index contributed by atoms with van der Waals surface area (Å²) in [7, 11) is 0. The van der Waals surface area contributed by atoms with Crippen molar-refractivity contribution in [3.05, 3.63) is 34.9 Å². The molecule has 0 aromatic heterocycles. The van der Waals surface area contributed by atoms with E-state index in [0.29, 0.717) is 24.9 Å². The fourth-order valence-corrected chi connectivity index (χ4v) is 3.41. The van der Waals surface area contributed by atoms with E-state index in [1.165, 1.54) is 18.4 Å². The average molecular weight is 298 g/mol. The summed E-state index contributed by atoms with van der Waals surface area (Å²) in [6.07, 6.45) is 4.40. The van der Waals surface area contributed by atoms with Gasteiger partial charge >= 0.3 is 0 Å². The zero-order valence-electron chi connectivity index (χ0n) is 12.3. The summed E-state index contributed by atoms with van der Waals surface area (Å²) in [6.45, 7) is 0.471. The van der Waals surface area contributed by atoms with Crippen LogP contribution in [-0.4, -0.2) is 28.7 Å². The lowest BCUT2D eigenvalue weighted by atomic mass is 10.0. The summed E-state index contributed by atoms with van der Waals surface area (Å²) in [5.74, 6) is 0.108. The second-order valence-corrected chi connectivity index (χ2v) is 6.54. The van der Waals surface area contributed by atoms with E-state index in [9.17, 15) is 14.4 Å². The SMILES string of the molecule is O=C1CCC(N2Cc3cc(CC4CC4)ccc3C2=O)C(=O)N1. The number of imide groups is 1. The first kappa shape index (κ1) is 13.5. The minimum absolute atomic E-state index is 0.0949. The van der Waals surface area contributed by atoms with E-state index >= 15 is 0 Å². The smallest absolute Gasteiger partial charge is 0.255 e. The van der Waals surface area contributed by atoms with Crippen molar-refractivity contribution < 1.29 is 14.4 Å². The number of fused-ring (bicyclic) bond motifs is 1. The molecule has 1 aromatic rings. The van der Waals surface area contributed by atoms with Gasteiger partial charge in [-0.1, -0.05) is 12.1 Å². The average Bonchev–Trinajstić information content (AvgIpc) is 3.23. The molecule has 1 saturated carbocycles. The first-order valence-electron chi connectivity index (χ1n) is 7.88. The van der Waals surface area contributed by atoms with E-state index in [2.05, 4.69) is 11.4 Å². The van der Waals surface area contributed by atoms with Gasteiger partial charge in [-0.2, -0.15) is 0 Å². The molecule has 1 saturated heterocycles. The Morgan fingerprint density at radius 3 is 2.68 bits per heavy atom. The first-order chi connectivity index (χ1) is 10.6. The first-order valence-corrected chi connectivity index (χ1v) is 7.88. The van der Waals surface area contributed by atoms with Crippen LogP contribution >= 0.6 is 0 Å². The van der Waals surface area contributed by atoms with Crippen molar-refractivity contribution in [3.63, 3.8) is 0 Å². The molecular weight excluding hydrogens is 280 g/mol. The predicted octanol–water partition coefficient (Wildman–Crippen LogP) is 1.40. The van der Waals surface area contributed by atoms with Gasteiger partial charge in [-0.25, -0.2) is 0 Å². The predicted molar refractivity (Wildman–Crippen MR) is 78.9 cm³/mol. The van der Waals surface area contributed by atoms with Crippen molar-refractivity contribution in [2.75, 3.05) is 0 Å². The summed E-state index contributed by atoms with van der Waals surface area (Å²) < 4.78 is 0. The van der Waals surface area contributed by atoms with Crippen LogP contribution in [0.25, 0.3) is 0 Å². The Labute approximate surface area is 128 Å². The summed E-state index contributed by atoms with van der Waals surface area (Å²) in [5, 5.41) is 2.33. The van der Waals surface area contributed by atoms with E-state index in [4.69, 9.17) is 0 Å². The van der Waals surface area contributed by atoms with Crippen LogP contribution in [0, 0.1) is 5.92 Å². The number of piperidine rings is 1. The third-order valence-corrected chi connectivity index (χ3v) is 4.81. The van der Waals surface area contributed by atoms with Gasteiger partial charge in [0.15, 0.2) is 0 Å². The Morgan fingerprint density at radius 1 is 1.14 bits per heavy atom. The largest absolute Gasteiger partial charge is 0.322 e. The maximum absolute atomic E-state index is 12.5. The van der Waals surface area contributed by atoms with Crippen molar-refractivity contribution in [2.45, 2.75) is 44.7 Å². The Bertz CT molecular complexity index is 678. The zero-order valence-corrected chi connectivity index (χ0v) is 12.3. The molecule has 2 fully saturated rings. The summed E-state index contributed by atoms with van der Waals surface area (Å²) in [6, 6.07) is 5.51. The molecule has 22 heavy (non-hydrogen) atoms. The van der Waals surface area contributed by atoms with Gasteiger partial charge in [0.1, 0.15) is 6.04 Å². The molecule has 2 heterocycles. The van der Waals surface area contributed by atoms with Crippen LogP contribution in [0.3, 0.4) is 0 Å². The third-order valence-electron chi connectivity index (χ3n) is 4.81. The number of benzene rings is 1. The van der Waals surface area contributed by atoms with E-state index in [0.717, 1.165) is 17.9 Å². The number of hydrogen-bond donors (Lipinski definition) is 1. The number of carbonyl (C=O) groups is 3. The van der Waals surface area contributed by atoms with Gasteiger partial charge in [-0.05, 0) is 48.8 Å². The van der Waals surface area contributed by atoms with Crippen LogP contribution < -0.4 is 5.32 Å². The molecule has 0 spiro atoms. The molecule has 1 aromatic carbocycles. The second-order valence-electron chi connectivity index (χ2n) is 6.54. The van der Waals surface area contributed by atoms with Crippen molar-refractivity contribution in [2.24, 2.45) is 5.92 Å². The highest BCUT2D eigenvalue weighted by Gasteiger charge is 2.39. The number of rotatable bonds is 3. The Balaban J connectivity index is 1.55. The molecule has 4 rings (SSSR count). The molecule has 1 atom stereocenters.